The van der Waals surface area contributed by atoms with Gasteiger partial charge in [-0.3, -0.25) is 0 Å². The first-order valence-corrected chi connectivity index (χ1v) is 9.46. The van der Waals surface area contributed by atoms with E-state index in [2.05, 4.69) is 4.99 Å². The van der Waals surface area contributed by atoms with Gasteiger partial charge in [-0.1, -0.05) is 11.6 Å². The van der Waals surface area contributed by atoms with Gasteiger partial charge in [0, 0.05) is 38.2 Å². The second-order valence-electron chi connectivity index (χ2n) is 6.90. The summed E-state index contributed by atoms with van der Waals surface area (Å²) in [4.78, 5) is 6.14. The Labute approximate surface area is 170 Å². The Morgan fingerprint density at radius 2 is 1.93 bits per heavy atom. The summed E-state index contributed by atoms with van der Waals surface area (Å²) in [6.45, 7) is 8.31. The number of hydrogen-bond donors (Lipinski definition) is 1. The lowest BCUT2D eigenvalue weighted by Crippen LogP contribution is -2.43. The third-order valence-electron chi connectivity index (χ3n) is 4.61. The zero-order valence-corrected chi connectivity index (χ0v) is 17.9. The van der Waals surface area contributed by atoms with Crippen molar-refractivity contribution >= 4 is 12.0 Å². The van der Waals surface area contributed by atoms with Crippen LogP contribution in [0.5, 0.6) is 5.75 Å². The maximum absolute atomic E-state index is 14.0. The van der Waals surface area contributed by atoms with Gasteiger partial charge in [0.05, 0.1) is 25.7 Å². The predicted molar refractivity (Wildman–Crippen MR) is 109 cm³/mol. The Bertz CT molecular complexity index is 733. The molecule has 0 heterocycles. The highest BCUT2D eigenvalue weighted by Gasteiger charge is 2.56. The van der Waals surface area contributed by atoms with Crippen molar-refractivity contribution in [2.45, 2.75) is 45.9 Å². The number of halogens is 3. The number of ether oxygens (including phenoxy) is 2. The van der Waals surface area contributed by atoms with E-state index in [1.165, 1.54) is 26.2 Å². The van der Waals surface area contributed by atoms with Crippen LogP contribution in [0.3, 0.4) is 0 Å². The molecule has 0 fully saturated rings. The van der Waals surface area contributed by atoms with E-state index in [9.17, 15) is 18.3 Å². The molecule has 1 atom stereocenters. The van der Waals surface area contributed by atoms with Crippen molar-refractivity contribution in [2.24, 2.45) is 4.99 Å². The van der Waals surface area contributed by atoms with Crippen LogP contribution < -0.4 is 4.74 Å². The van der Waals surface area contributed by atoms with Crippen LogP contribution in [0.2, 0.25) is 0 Å². The quantitative estimate of drug-likeness (QED) is 0.259. The molecule has 0 aromatic heterocycles. The lowest BCUT2D eigenvalue weighted by molar-refractivity contribution is -0.266. The molecule has 0 saturated carbocycles. The summed E-state index contributed by atoms with van der Waals surface area (Å²) in [5.41, 5.74) is -2.10. The van der Waals surface area contributed by atoms with E-state index in [0.29, 0.717) is 23.4 Å². The minimum absolute atomic E-state index is 0.0701. The molecule has 0 bridgehead atoms. The van der Waals surface area contributed by atoms with Crippen LogP contribution in [0.4, 0.5) is 18.9 Å². The number of aryl methyl sites for hydroxylation is 1. The molecule has 1 N–H and O–H groups in total. The molecule has 0 aliphatic carbocycles. The third-order valence-corrected chi connectivity index (χ3v) is 4.61. The molecule has 0 amide bonds. The maximum Gasteiger partial charge on any atom is 0.421 e. The van der Waals surface area contributed by atoms with Gasteiger partial charge in [-0.25, -0.2) is 4.99 Å². The summed E-state index contributed by atoms with van der Waals surface area (Å²) in [6, 6.07) is 2.71. The standard InChI is InChI=1S/C21H31F3N2O3/c1-7-26(5)14-25-18-12-19(28-6)17(11-16(18)4)20(27,21(22,23)24)13-15(3)9-10-29-8-2/h9,11-12,14,27H,7-8,10,13H2,1-6H3/b15-9+,25-14?. The largest absolute Gasteiger partial charge is 0.496 e. The molecule has 1 unspecified atom stereocenters. The van der Waals surface area contributed by atoms with Gasteiger partial charge >= 0.3 is 6.18 Å². The molecule has 1 rings (SSSR count). The Kier molecular flexibility index (Phi) is 9.16. The molecule has 1 aromatic rings. The Hall–Kier alpha value is -2.06. The summed E-state index contributed by atoms with van der Waals surface area (Å²) in [5.74, 6) is -0.0701. The first kappa shape index (κ1) is 25.0. The van der Waals surface area contributed by atoms with Crippen molar-refractivity contribution in [1.29, 1.82) is 0 Å². The van der Waals surface area contributed by atoms with Gasteiger partial charge in [0.1, 0.15) is 5.75 Å². The summed E-state index contributed by atoms with van der Waals surface area (Å²) < 4.78 is 52.3. The number of hydrogen-bond acceptors (Lipinski definition) is 4. The zero-order chi connectivity index (χ0) is 22.2. The van der Waals surface area contributed by atoms with Crippen molar-refractivity contribution in [2.75, 3.05) is 33.9 Å². The van der Waals surface area contributed by atoms with Gasteiger partial charge in [-0.15, -0.1) is 0 Å². The fourth-order valence-electron chi connectivity index (χ4n) is 2.69. The Morgan fingerprint density at radius 3 is 2.45 bits per heavy atom. The van der Waals surface area contributed by atoms with Crippen molar-refractivity contribution in [3.05, 3.63) is 34.9 Å². The topological polar surface area (TPSA) is 54.3 Å². The molecule has 0 saturated heterocycles. The molecule has 1 aromatic carbocycles. The lowest BCUT2D eigenvalue weighted by atomic mass is 9.85. The van der Waals surface area contributed by atoms with E-state index >= 15 is 0 Å². The number of nitrogens with zero attached hydrogens (tertiary/aromatic N) is 2. The molecule has 29 heavy (non-hydrogen) atoms. The van der Waals surface area contributed by atoms with Crippen LogP contribution in [0.25, 0.3) is 0 Å². The van der Waals surface area contributed by atoms with Crippen molar-refractivity contribution < 1.29 is 27.8 Å². The van der Waals surface area contributed by atoms with Crippen LogP contribution in [0.1, 0.15) is 38.3 Å². The molecule has 8 heteroatoms. The van der Waals surface area contributed by atoms with E-state index < -0.39 is 18.2 Å². The summed E-state index contributed by atoms with van der Waals surface area (Å²) in [5, 5.41) is 10.8. The normalized spacial score (nSPS) is 14.9. The Balaban J connectivity index is 3.44. The van der Waals surface area contributed by atoms with Gasteiger partial charge in [-0.05, 0) is 39.3 Å². The van der Waals surface area contributed by atoms with Crippen molar-refractivity contribution in [1.82, 2.24) is 4.90 Å². The van der Waals surface area contributed by atoms with Crippen LogP contribution in [0.15, 0.2) is 28.8 Å². The van der Waals surface area contributed by atoms with E-state index in [0.717, 1.165) is 6.54 Å². The molecule has 164 valence electrons. The summed E-state index contributed by atoms with van der Waals surface area (Å²) in [7, 11) is 3.11. The first-order valence-electron chi connectivity index (χ1n) is 9.46. The van der Waals surface area contributed by atoms with E-state index in [1.54, 1.807) is 26.3 Å². The summed E-state index contributed by atoms with van der Waals surface area (Å²) >= 11 is 0. The molecular formula is C21H31F3N2O3. The van der Waals surface area contributed by atoms with Crippen LogP contribution in [0, 0.1) is 6.92 Å². The smallest absolute Gasteiger partial charge is 0.421 e. The van der Waals surface area contributed by atoms with Crippen molar-refractivity contribution in [3.8, 4) is 5.75 Å². The molecule has 5 nitrogen and oxygen atoms in total. The lowest BCUT2D eigenvalue weighted by Gasteiger charge is -2.33. The van der Waals surface area contributed by atoms with E-state index in [-0.39, 0.29) is 17.9 Å². The minimum Gasteiger partial charge on any atom is -0.496 e. The van der Waals surface area contributed by atoms with Crippen LogP contribution in [-0.4, -0.2) is 56.4 Å². The maximum atomic E-state index is 14.0. The molecule has 0 radical (unpaired) electrons. The average Bonchev–Trinajstić information content (AvgIpc) is 2.65. The number of methoxy groups -OCH3 is 1. The number of rotatable bonds is 10. The fourth-order valence-corrected chi connectivity index (χ4v) is 2.69. The Morgan fingerprint density at radius 1 is 1.28 bits per heavy atom. The van der Waals surface area contributed by atoms with Gasteiger partial charge in [-0.2, -0.15) is 13.2 Å². The monoisotopic (exact) mass is 416 g/mol. The fraction of sp³-hybridized carbons (Fsp3) is 0.571. The molecule has 0 spiro atoms. The highest BCUT2D eigenvalue weighted by atomic mass is 19.4. The molecular weight excluding hydrogens is 385 g/mol. The number of aliphatic imine (C=N–C) groups is 1. The first-order chi connectivity index (χ1) is 13.5. The van der Waals surface area contributed by atoms with Gasteiger partial charge < -0.3 is 19.5 Å². The molecule has 0 aliphatic rings. The highest BCUT2D eigenvalue weighted by molar-refractivity contribution is 5.65. The molecule has 0 aliphatic heterocycles. The number of benzene rings is 1. The van der Waals surface area contributed by atoms with Crippen LogP contribution in [-0.2, 0) is 10.3 Å². The van der Waals surface area contributed by atoms with Gasteiger partial charge in [0.2, 0.25) is 0 Å². The van der Waals surface area contributed by atoms with E-state index in [1.807, 2.05) is 18.9 Å². The van der Waals surface area contributed by atoms with Gasteiger partial charge in [0.15, 0.2) is 5.60 Å². The van der Waals surface area contributed by atoms with Gasteiger partial charge in [0.25, 0.3) is 0 Å². The second-order valence-corrected chi connectivity index (χ2v) is 6.90. The van der Waals surface area contributed by atoms with E-state index in [4.69, 9.17) is 9.47 Å². The highest BCUT2D eigenvalue weighted by Crippen LogP contribution is 2.48. The zero-order valence-electron chi connectivity index (χ0n) is 17.9. The van der Waals surface area contributed by atoms with Crippen LogP contribution >= 0.6 is 0 Å². The predicted octanol–water partition coefficient (Wildman–Crippen LogP) is 4.74. The average molecular weight is 416 g/mol. The number of alkyl halides is 3. The summed E-state index contributed by atoms with van der Waals surface area (Å²) in [6.07, 6.45) is -2.39. The minimum atomic E-state index is -4.90. The number of aliphatic hydroxyl groups is 1. The third kappa shape index (κ3) is 6.47. The second kappa shape index (κ2) is 10.6. The SMILES string of the molecule is CCOC/C=C(\C)CC(O)(c1cc(C)c(N=CN(C)CC)cc1OC)C(F)(F)F. The van der Waals surface area contributed by atoms with Crippen molar-refractivity contribution in [3.63, 3.8) is 0 Å².